The highest BCUT2D eigenvalue weighted by Gasteiger charge is 2.18. The minimum atomic E-state index is 0.0974. The molecule has 4 nitrogen and oxygen atoms in total. The lowest BCUT2D eigenvalue weighted by Crippen LogP contribution is -2.10. The first-order valence-corrected chi connectivity index (χ1v) is 11.8. The molecule has 0 aliphatic heterocycles. The van der Waals surface area contributed by atoms with E-state index in [9.17, 15) is 0 Å². The topological polar surface area (TPSA) is 39.9 Å². The quantitative estimate of drug-likeness (QED) is 0.284. The molecule has 1 heterocycles. The average Bonchev–Trinajstić information content (AvgIpc) is 3.21. The molecule has 4 rings (SSSR count). The first-order chi connectivity index (χ1) is 15.3. The van der Waals surface area contributed by atoms with E-state index in [2.05, 4.69) is 65.9 Å². The van der Waals surface area contributed by atoms with Crippen molar-refractivity contribution < 1.29 is 4.74 Å². The molecule has 32 heavy (non-hydrogen) atoms. The van der Waals surface area contributed by atoms with E-state index in [1.807, 2.05) is 42.5 Å². The fourth-order valence-electron chi connectivity index (χ4n) is 3.41. The van der Waals surface area contributed by atoms with Crippen LogP contribution in [0, 0.1) is 0 Å². The summed E-state index contributed by atoms with van der Waals surface area (Å²) in [5, 5.41) is 10.7. The second-order valence-electron chi connectivity index (χ2n) is 8.59. The van der Waals surface area contributed by atoms with Gasteiger partial charge in [0.1, 0.15) is 5.75 Å². The summed E-state index contributed by atoms with van der Waals surface area (Å²) in [5.41, 5.74) is 4.53. The van der Waals surface area contributed by atoms with Crippen LogP contribution in [-0.4, -0.2) is 21.9 Å². The van der Waals surface area contributed by atoms with E-state index >= 15 is 0 Å². The summed E-state index contributed by atoms with van der Waals surface area (Å²) < 4.78 is 7.43. The number of nitrogens with zero attached hydrogens (tertiary/aromatic N) is 3. The predicted octanol–water partition coefficient (Wildman–Crippen LogP) is 7.19. The van der Waals surface area contributed by atoms with Crippen molar-refractivity contribution in [1.82, 2.24) is 14.8 Å². The van der Waals surface area contributed by atoms with Crippen molar-refractivity contribution in [3.8, 4) is 22.8 Å². The summed E-state index contributed by atoms with van der Waals surface area (Å²) in [6.07, 6.45) is 0. The molecule has 4 aromatic rings. The molecule has 0 spiro atoms. The molecule has 0 aliphatic carbocycles. The molecule has 0 fully saturated rings. The Kier molecular flexibility index (Phi) is 6.58. The Morgan fingerprint density at radius 3 is 2.28 bits per heavy atom. The van der Waals surface area contributed by atoms with Gasteiger partial charge in [0.2, 0.25) is 0 Å². The highest BCUT2D eigenvalue weighted by atomic mass is 35.5. The molecule has 0 radical (unpaired) electrons. The van der Waals surface area contributed by atoms with Crippen molar-refractivity contribution in [2.45, 2.75) is 37.1 Å². The summed E-state index contributed by atoms with van der Waals surface area (Å²) in [6.45, 7) is 6.64. The SMILES string of the molecule is COc1ccc(-n2c(SCc3cccc(Cl)c3)nnc2-c2ccc(C(C)(C)C)cc2)cc1. The number of methoxy groups -OCH3 is 1. The fourth-order valence-corrected chi connectivity index (χ4v) is 4.52. The molecule has 0 bridgehead atoms. The molecule has 6 heteroatoms. The van der Waals surface area contributed by atoms with Gasteiger partial charge in [-0.1, -0.05) is 80.5 Å². The zero-order chi connectivity index (χ0) is 22.7. The van der Waals surface area contributed by atoms with Crippen molar-refractivity contribution in [2.24, 2.45) is 0 Å². The van der Waals surface area contributed by atoms with Crippen LogP contribution in [0.25, 0.3) is 17.1 Å². The van der Waals surface area contributed by atoms with E-state index in [4.69, 9.17) is 16.3 Å². The van der Waals surface area contributed by atoms with Gasteiger partial charge >= 0.3 is 0 Å². The van der Waals surface area contributed by atoms with Gasteiger partial charge in [0.25, 0.3) is 0 Å². The highest BCUT2D eigenvalue weighted by molar-refractivity contribution is 7.98. The Hall–Kier alpha value is -2.76. The minimum Gasteiger partial charge on any atom is -0.497 e. The van der Waals surface area contributed by atoms with E-state index in [1.165, 1.54) is 5.56 Å². The van der Waals surface area contributed by atoms with E-state index in [0.717, 1.165) is 44.3 Å². The number of hydrogen-bond donors (Lipinski definition) is 0. The summed E-state index contributed by atoms with van der Waals surface area (Å²) >= 11 is 7.79. The molecular formula is C26H26ClN3OS. The van der Waals surface area contributed by atoms with E-state index in [1.54, 1.807) is 18.9 Å². The summed E-state index contributed by atoms with van der Waals surface area (Å²) in [4.78, 5) is 0. The fraction of sp³-hybridized carbons (Fsp3) is 0.231. The maximum absolute atomic E-state index is 6.16. The highest BCUT2D eigenvalue weighted by Crippen LogP contribution is 2.32. The van der Waals surface area contributed by atoms with Gasteiger partial charge in [-0.2, -0.15) is 0 Å². The number of benzene rings is 3. The van der Waals surface area contributed by atoms with Crippen molar-refractivity contribution in [2.75, 3.05) is 7.11 Å². The molecule has 0 aliphatic rings. The smallest absolute Gasteiger partial charge is 0.196 e. The zero-order valence-corrected chi connectivity index (χ0v) is 20.2. The lowest BCUT2D eigenvalue weighted by molar-refractivity contribution is 0.414. The number of rotatable bonds is 6. The van der Waals surface area contributed by atoms with Crippen LogP contribution in [0.3, 0.4) is 0 Å². The lowest BCUT2D eigenvalue weighted by atomic mass is 9.87. The molecule has 0 unspecified atom stereocenters. The van der Waals surface area contributed by atoms with Gasteiger partial charge in [-0.3, -0.25) is 4.57 Å². The third kappa shape index (κ3) is 5.00. The Morgan fingerprint density at radius 1 is 0.938 bits per heavy atom. The Balaban J connectivity index is 1.72. The number of aromatic nitrogens is 3. The average molecular weight is 464 g/mol. The molecule has 0 saturated carbocycles. The van der Waals surface area contributed by atoms with Gasteiger partial charge in [0, 0.05) is 22.0 Å². The van der Waals surface area contributed by atoms with Crippen molar-refractivity contribution >= 4 is 23.4 Å². The van der Waals surface area contributed by atoms with Gasteiger partial charge < -0.3 is 4.74 Å². The van der Waals surface area contributed by atoms with E-state index in [0.29, 0.717) is 0 Å². The molecule has 164 valence electrons. The first kappa shape index (κ1) is 22.4. The molecule has 0 N–H and O–H groups in total. The van der Waals surface area contributed by atoms with Gasteiger partial charge in [-0.05, 0) is 52.9 Å². The van der Waals surface area contributed by atoms with Gasteiger partial charge in [-0.25, -0.2) is 0 Å². The van der Waals surface area contributed by atoms with Gasteiger partial charge in [0.05, 0.1) is 7.11 Å². The second-order valence-corrected chi connectivity index (χ2v) is 9.96. The number of hydrogen-bond acceptors (Lipinski definition) is 4. The van der Waals surface area contributed by atoms with Crippen LogP contribution < -0.4 is 4.74 Å². The van der Waals surface area contributed by atoms with Crippen LogP contribution in [0.2, 0.25) is 5.02 Å². The third-order valence-electron chi connectivity index (χ3n) is 5.23. The molecule has 0 saturated heterocycles. The van der Waals surface area contributed by atoms with Crippen LogP contribution in [-0.2, 0) is 11.2 Å². The van der Waals surface area contributed by atoms with Crippen LogP contribution in [0.1, 0.15) is 31.9 Å². The number of halogens is 1. The van der Waals surface area contributed by atoms with E-state index < -0.39 is 0 Å². The van der Waals surface area contributed by atoms with Crippen molar-refractivity contribution in [3.63, 3.8) is 0 Å². The summed E-state index contributed by atoms with van der Waals surface area (Å²) in [5.74, 6) is 2.37. The molecule has 3 aromatic carbocycles. The van der Waals surface area contributed by atoms with Gasteiger partial charge in [-0.15, -0.1) is 10.2 Å². The van der Waals surface area contributed by atoms with Crippen LogP contribution >= 0.6 is 23.4 Å². The normalized spacial score (nSPS) is 11.5. The van der Waals surface area contributed by atoms with E-state index in [-0.39, 0.29) is 5.41 Å². The summed E-state index contributed by atoms with van der Waals surface area (Å²) in [6, 6.07) is 24.4. The Labute approximate surface area is 198 Å². The second kappa shape index (κ2) is 9.39. The predicted molar refractivity (Wildman–Crippen MR) is 133 cm³/mol. The standard InChI is InChI=1S/C26H26ClN3OS/c1-26(2,3)20-10-8-19(9-11-20)24-28-29-25(32-17-18-6-5-7-21(27)16-18)30(24)22-12-14-23(31-4)15-13-22/h5-16H,17H2,1-4H3. The molecule has 1 aromatic heterocycles. The molecule has 0 atom stereocenters. The zero-order valence-electron chi connectivity index (χ0n) is 18.7. The molecular weight excluding hydrogens is 438 g/mol. The Morgan fingerprint density at radius 2 is 1.66 bits per heavy atom. The van der Waals surface area contributed by atoms with Crippen LogP contribution in [0.15, 0.2) is 78.0 Å². The third-order valence-corrected chi connectivity index (χ3v) is 6.47. The van der Waals surface area contributed by atoms with Crippen molar-refractivity contribution in [1.29, 1.82) is 0 Å². The maximum Gasteiger partial charge on any atom is 0.196 e. The monoisotopic (exact) mass is 463 g/mol. The number of ether oxygens (including phenoxy) is 1. The number of thioether (sulfide) groups is 1. The van der Waals surface area contributed by atoms with Gasteiger partial charge in [0.15, 0.2) is 11.0 Å². The maximum atomic E-state index is 6.16. The largest absolute Gasteiger partial charge is 0.497 e. The van der Waals surface area contributed by atoms with Crippen LogP contribution in [0.4, 0.5) is 0 Å². The lowest BCUT2D eigenvalue weighted by Gasteiger charge is -2.19. The first-order valence-electron chi connectivity index (χ1n) is 10.4. The van der Waals surface area contributed by atoms with Crippen LogP contribution in [0.5, 0.6) is 5.75 Å². The minimum absolute atomic E-state index is 0.0974. The Bertz CT molecular complexity index is 1200. The molecule has 0 amide bonds. The summed E-state index contributed by atoms with van der Waals surface area (Å²) in [7, 11) is 1.67. The van der Waals surface area contributed by atoms with Crippen molar-refractivity contribution in [3.05, 3.63) is 88.9 Å².